The molecule has 0 bridgehead atoms. The van der Waals surface area contributed by atoms with Crippen molar-refractivity contribution >= 4 is 17.7 Å². The van der Waals surface area contributed by atoms with E-state index in [0.29, 0.717) is 28.5 Å². The number of nitriles is 1. The third-order valence-corrected chi connectivity index (χ3v) is 3.69. The highest BCUT2D eigenvalue weighted by atomic mass is 16.5. The van der Waals surface area contributed by atoms with E-state index in [0.717, 1.165) is 5.56 Å². The summed E-state index contributed by atoms with van der Waals surface area (Å²) in [6.07, 6.45) is 1.49. The van der Waals surface area contributed by atoms with Crippen LogP contribution in [0.2, 0.25) is 0 Å². The molecule has 0 aromatic heterocycles. The van der Waals surface area contributed by atoms with Crippen molar-refractivity contribution in [2.24, 2.45) is 0 Å². The van der Waals surface area contributed by atoms with E-state index < -0.39 is 5.91 Å². The average molecular weight is 352 g/mol. The Balaban J connectivity index is 2.31. The predicted molar refractivity (Wildman–Crippen MR) is 99.5 cm³/mol. The van der Waals surface area contributed by atoms with Crippen LogP contribution in [-0.2, 0) is 4.79 Å². The zero-order valence-corrected chi connectivity index (χ0v) is 15.1. The molecule has 0 saturated carbocycles. The zero-order valence-electron chi connectivity index (χ0n) is 15.1. The van der Waals surface area contributed by atoms with E-state index in [4.69, 9.17) is 14.2 Å². The maximum absolute atomic E-state index is 12.5. The summed E-state index contributed by atoms with van der Waals surface area (Å²) in [5.74, 6) is 1.08. The van der Waals surface area contributed by atoms with Gasteiger partial charge in [0.25, 0.3) is 5.91 Å². The van der Waals surface area contributed by atoms with Gasteiger partial charge < -0.3 is 19.5 Å². The van der Waals surface area contributed by atoms with Crippen molar-refractivity contribution < 1.29 is 19.0 Å². The van der Waals surface area contributed by atoms with Crippen molar-refractivity contribution in [1.82, 2.24) is 0 Å². The Kier molecular flexibility index (Phi) is 6.23. The summed E-state index contributed by atoms with van der Waals surface area (Å²) in [5.41, 5.74) is 2.07. The molecule has 0 aliphatic carbocycles. The SMILES string of the molecule is COc1ccc(C)cc1NC(=O)/C(C#N)=C/c1ccc(OC)c(OC)c1. The van der Waals surface area contributed by atoms with Gasteiger partial charge in [-0.3, -0.25) is 4.79 Å². The van der Waals surface area contributed by atoms with Crippen molar-refractivity contribution in [1.29, 1.82) is 5.26 Å². The maximum Gasteiger partial charge on any atom is 0.266 e. The van der Waals surface area contributed by atoms with Crippen LogP contribution in [0.3, 0.4) is 0 Å². The lowest BCUT2D eigenvalue weighted by Crippen LogP contribution is -2.14. The number of aryl methyl sites for hydroxylation is 1. The lowest BCUT2D eigenvalue weighted by molar-refractivity contribution is -0.112. The van der Waals surface area contributed by atoms with Crippen molar-refractivity contribution in [3.05, 3.63) is 53.1 Å². The number of nitrogens with one attached hydrogen (secondary N) is 1. The predicted octanol–water partition coefficient (Wildman–Crippen LogP) is 3.57. The third kappa shape index (κ3) is 4.33. The molecule has 2 aromatic carbocycles. The molecule has 0 atom stereocenters. The van der Waals surface area contributed by atoms with Gasteiger partial charge in [0.2, 0.25) is 0 Å². The highest BCUT2D eigenvalue weighted by molar-refractivity contribution is 6.10. The maximum atomic E-state index is 12.5. The summed E-state index contributed by atoms with van der Waals surface area (Å²) in [4.78, 5) is 12.5. The summed E-state index contributed by atoms with van der Waals surface area (Å²) < 4.78 is 15.7. The van der Waals surface area contributed by atoms with Crippen LogP contribution in [-0.4, -0.2) is 27.2 Å². The Bertz CT molecular complexity index is 882. The van der Waals surface area contributed by atoms with Crippen LogP contribution in [0.4, 0.5) is 5.69 Å². The molecule has 0 fully saturated rings. The van der Waals surface area contributed by atoms with Crippen LogP contribution in [0.25, 0.3) is 6.08 Å². The summed E-state index contributed by atoms with van der Waals surface area (Å²) in [6, 6.07) is 12.5. The minimum atomic E-state index is -0.522. The molecule has 1 amide bonds. The number of carbonyl (C=O) groups is 1. The molecule has 0 aliphatic heterocycles. The number of methoxy groups -OCH3 is 3. The molecular formula is C20H20N2O4. The van der Waals surface area contributed by atoms with Crippen LogP contribution in [0.1, 0.15) is 11.1 Å². The van der Waals surface area contributed by atoms with Crippen molar-refractivity contribution in [3.8, 4) is 23.3 Å². The van der Waals surface area contributed by atoms with Gasteiger partial charge in [-0.15, -0.1) is 0 Å². The molecule has 6 heteroatoms. The van der Waals surface area contributed by atoms with Gasteiger partial charge in [0, 0.05) is 0 Å². The smallest absolute Gasteiger partial charge is 0.266 e. The molecule has 2 rings (SSSR count). The van der Waals surface area contributed by atoms with E-state index in [-0.39, 0.29) is 5.57 Å². The fraction of sp³-hybridized carbons (Fsp3) is 0.200. The highest BCUT2D eigenvalue weighted by Gasteiger charge is 2.13. The Morgan fingerprint density at radius 1 is 1.00 bits per heavy atom. The summed E-state index contributed by atoms with van der Waals surface area (Å²) in [7, 11) is 4.58. The molecular weight excluding hydrogens is 332 g/mol. The molecule has 6 nitrogen and oxygen atoms in total. The first-order valence-corrected chi connectivity index (χ1v) is 7.82. The molecule has 1 N–H and O–H groups in total. The second-order valence-electron chi connectivity index (χ2n) is 5.44. The van der Waals surface area contributed by atoms with Crippen LogP contribution >= 0.6 is 0 Å². The molecule has 134 valence electrons. The van der Waals surface area contributed by atoms with Gasteiger partial charge in [-0.1, -0.05) is 12.1 Å². The molecule has 0 radical (unpaired) electrons. The van der Waals surface area contributed by atoms with Crippen LogP contribution < -0.4 is 19.5 Å². The summed E-state index contributed by atoms with van der Waals surface area (Å²) >= 11 is 0. The van der Waals surface area contributed by atoms with E-state index in [9.17, 15) is 10.1 Å². The first-order valence-electron chi connectivity index (χ1n) is 7.82. The van der Waals surface area contributed by atoms with E-state index in [1.807, 2.05) is 19.1 Å². The van der Waals surface area contributed by atoms with Crippen molar-refractivity contribution in [2.45, 2.75) is 6.92 Å². The van der Waals surface area contributed by atoms with E-state index in [2.05, 4.69) is 5.32 Å². The lowest BCUT2D eigenvalue weighted by atomic mass is 10.1. The second kappa shape index (κ2) is 8.58. The summed E-state index contributed by atoms with van der Waals surface area (Å²) in [5, 5.41) is 12.1. The fourth-order valence-electron chi connectivity index (χ4n) is 2.37. The van der Waals surface area contributed by atoms with Gasteiger partial charge >= 0.3 is 0 Å². The zero-order chi connectivity index (χ0) is 19.1. The summed E-state index contributed by atoms with van der Waals surface area (Å²) in [6.45, 7) is 1.90. The molecule has 0 heterocycles. The third-order valence-electron chi connectivity index (χ3n) is 3.69. The molecule has 0 aliphatic rings. The first-order chi connectivity index (χ1) is 12.5. The van der Waals surface area contributed by atoms with E-state index in [1.165, 1.54) is 27.4 Å². The van der Waals surface area contributed by atoms with Gasteiger partial charge in [-0.25, -0.2) is 0 Å². The fourth-order valence-corrected chi connectivity index (χ4v) is 2.37. The van der Waals surface area contributed by atoms with Crippen LogP contribution in [0, 0.1) is 18.3 Å². The minimum Gasteiger partial charge on any atom is -0.495 e. The highest BCUT2D eigenvalue weighted by Crippen LogP contribution is 2.29. The van der Waals surface area contributed by atoms with E-state index >= 15 is 0 Å². The largest absolute Gasteiger partial charge is 0.495 e. The van der Waals surface area contributed by atoms with Gasteiger partial charge in [0.1, 0.15) is 17.4 Å². The minimum absolute atomic E-state index is 0.0409. The molecule has 2 aromatic rings. The monoisotopic (exact) mass is 352 g/mol. The van der Waals surface area contributed by atoms with Gasteiger partial charge in [-0.2, -0.15) is 5.26 Å². The van der Waals surface area contributed by atoms with Crippen LogP contribution in [0.15, 0.2) is 42.0 Å². The molecule has 0 saturated heterocycles. The second-order valence-corrected chi connectivity index (χ2v) is 5.44. The standard InChI is InChI=1S/C20H20N2O4/c1-13-5-7-17(24-2)16(9-13)22-20(23)15(12-21)10-14-6-8-18(25-3)19(11-14)26-4/h5-11H,1-4H3,(H,22,23)/b15-10+. The van der Waals surface area contributed by atoms with Gasteiger partial charge in [-0.05, 0) is 48.4 Å². The number of amides is 1. The van der Waals surface area contributed by atoms with Crippen molar-refractivity contribution in [2.75, 3.05) is 26.6 Å². The number of nitrogens with zero attached hydrogens (tertiary/aromatic N) is 1. The van der Waals surface area contributed by atoms with Gasteiger partial charge in [0.05, 0.1) is 27.0 Å². The number of hydrogen-bond donors (Lipinski definition) is 1. The number of anilines is 1. The Morgan fingerprint density at radius 2 is 1.65 bits per heavy atom. The Labute approximate surface area is 152 Å². The first kappa shape index (κ1) is 18.9. The van der Waals surface area contributed by atoms with Gasteiger partial charge in [0.15, 0.2) is 11.5 Å². The lowest BCUT2D eigenvalue weighted by Gasteiger charge is -2.11. The van der Waals surface area contributed by atoms with Crippen molar-refractivity contribution in [3.63, 3.8) is 0 Å². The number of carbonyl (C=O) groups excluding carboxylic acids is 1. The quantitative estimate of drug-likeness (QED) is 0.635. The molecule has 26 heavy (non-hydrogen) atoms. The number of benzene rings is 2. The average Bonchev–Trinajstić information content (AvgIpc) is 2.65. The van der Waals surface area contributed by atoms with E-state index in [1.54, 1.807) is 30.3 Å². The Morgan fingerprint density at radius 3 is 2.27 bits per heavy atom. The number of hydrogen-bond acceptors (Lipinski definition) is 5. The Hall–Kier alpha value is -3.46. The number of ether oxygens (including phenoxy) is 3. The molecule has 0 spiro atoms. The van der Waals surface area contributed by atoms with Crippen LogP contribution in [0.5, 0.6) is 17.2 Å². The normalized spacial score (nSPS) is 10.7. The number of rotatable bonds is 6. The molecule has 0 unspecified atom stereocenters. The topological polar surface area (TPSA) is 80.6 Å².